The highest BCUT2D eigenvalue weighted by Crippen LogP contribution is 2.30. The van der Waals surface area contributed by atoms with Crippen molar-refractivity contribution in [2.24, 2.45) is 0 Å². The summed E-state index contributed by atoms with van der Waals surface area (Å²) in [5.74, 6) is 0.134. The average Bonchev–Trinajstić information content (AvgIpc) is 2.98. The van der Waals surface area contributed by atoms with Crippen molar-refractivity contribution < 1.29 is 23.5 Å². The molecule has 198 valence electrons. The number of pyridine rings is 1. The standard InChI is InChI=1S/C31H28FN3O4/c1-38-30-27(32)19-23(20-33-30)31(37)35-17-15-22(16-18-35)21-11-13-24(14-12-21)34-29(36)26-9-5-6-10-28(26)39-25-7-3-2-4-8-25/h2-14,19-20,22H,15-18H2,1H3,(H,34,36). The van der Waals surface area contributed by atoms with E-state index in [2.05, 4.69) is 10.3 Å². The third kappa shape index (κ3) is 6.06. The van der Waals surface area contributed by atoms with Crippen LogP contribution < -0.4 is 14.8 Å². The molecule has 0 unspecified atom stereocenters. The minimum atomic E-state index is -0.655. The van der Waals surface area contributed by atoms with Crippen LogP contribution in [-0.4, -0.2) is 41.9 Å². The van der Waals surface area contributed by atoms with E-state index in [-0.39, 0.29) is 29.2 Å². The molecule has 1 N–H and O–H groups in total. The van der Waals surface area contributed by atoms with E-state index < -0.39 is 5.82 Å². The summed E-state index contributed by atoms with van der Waals surface area (Å²) in [6.45, 7) is 1.13. The topological polar surface area (TPSA) is 80.8 Å². The highest BCUT2D eigenvalue weighted by molar-refractivity contribution is 6.06. The molecule has 0 atom stereocenters. The molecule has 1 aromatic heterocycles. The summed E-state index contributed by atoms with van der Waals surface area (Å²) < 4.78 is 24.7. The number of anilines is 1. The molecule has 0 saturated carbocycles. The zero-order valence-corrected chi connectivity index (χ0v) is 21.5. The summed E-state index contributed by atoms with van der Waals surface area (Å²) in [7, 11) is 1.33. The zero-order valence-electron chi connectivity index (χ0n) is 21.5. The molecule has 8 heteroatoms. The number of carbonyl (C=O) groups is 2. The first-order chi connectivity index (χ1) is 19.0. The molecule has 0 radical (unpaired) electrons. The van der Waals surface area contributed by atoms with Gasteiger partial charge in [0.15, 0.2) is 5.82 Å². The fourth-order valence-electron chi connectivity index (χ4n) is 4.69. The van der Waals surface area contributed by atoms with E-state index in [4.69, 9.17) is 9.47 Å². The number of hydrogen-bond acceptors (Lipinski definition) is 5. The van der Waals surface area contributed by atoms with Gasteiger partial charge in [0.2, 0.25) is 5.88 Å². The molecule has 5 rings (SSSR count). The molecule has 3 aromatic carbocycles. The second-order valence-electron chi connectivity index (χ2n) is 9.27. The number of methoxy groups -OCH3 is 1. The van der Waals surface area contributed by atoms with Gasteiger partial charge in [-0.2, -0.15) is 0 Å². The Labute approximate surface area is 226 Å². The van der Waals surface area contributed by atoms with Gasteiger partial charge in [0.25, 0.3) is 11.8 Å². The number of rotatable bonds is 7. The van der Waals surface area contributed by atoms with Crippen LogP contribution in [0, 0.1) is 5.82 Å². The molecule has 1 aliphatic rings. The molecule has 1 aliphatic heterocycles. The number of hydrogen-bond donors (Lipinski definition) is 1. The third-order valence-electron chi connectivity index (χ3n) is 6.77. The van der Waals surface area contributed by atoms with Crippen LogP contribution in [0.5, 0.6) is 17.4 Å². The lowest BCUT2D eigenvalue weighted by molar-refractivity contribution is 0.0711. The van der Waals surface area contributed by atoms with E-state index in [9.17, 15) is 14.0 Å². The fourth-order valence-corrected chi connectivity index (χ4v) is 4.69. The number of nitrogens with one attached hydrogen (secondary N) is 1. The maximum Gasteiger partial charge on any atom is 0.259 e. The van der Waals surface area contributed by atoms with Crippen LogP contribution in [0.15, 0.2) is 91.1 Å². The predicted octanol–water partition coefficient (Wildman–Crippen LogP) is 6.29. The molecule has 0 bridgehead atoms. The Kier molecular flexibility index (Phi) is 7.82. The highest BCUT2D eigenvalue weighted by Gasteiger charge is 2.25. The second kappa shape index (κ2) is 11.8. The molecule has 1 fully saturated rings. The predicted molar refractivity (Wildman–Crippen MR) is 146 cm³/mol. The van der Waals surface area contributed by atoms with Crippen molar-refractivity contribution >= 4 is 17.5 Å². The van der Waals surface area contributed by atoms with Crippen LogP contribution in [0.1, 0.15) is 45.0 Å². The zero-order chi connectivity index (χ0) is 27.2. The minimum absolute atomic E-state index is 0.130. The first kappa shape index (κ1) is 25.9. The van der Waals surface area contributed by atoms with Gasteiger partial charge in [-0.1, -0.05) is 42.5 Å². The molecule has 0 spiro atoms. The van der Waals surface area contributed by atoms with E-state index in [1.54, 1.807) is 23.1 Å². The van der Waals surface area contributed by atoms with E-state index in [1.807, 2.05) is 60.7 Å². The van der Waals surface area contributed by atoms with Crippen LogP contribution in [0.3, 0.4) is 0 Å². The van der Waals surface area contributed by atoms with Crippen LogP contribution >= 0.6 is 0 Å². The number of halogens is 1. The molecular formula is C31H28FN3O4. The Morgan fingerprint density at radius 2 is 1.64 bits per heavy atom. The Morgan fingerprint density at radius 3 is 2.33 bits per heavy atom. The molecule has 7 nitrogen and oxygen atoms in total. The van der Waals surface area contributed by atoms with Gasteiger partial charge in [-0.05, 0) is 66.8 Å². The Hall–Kier alpha value is -4.72. The number of carbonyl (C=O) groups excluding carboxylic acids is 2. The molecule has 2 amide bonds. The minimum Gasteiger partial charge on any atom is -0.479 e. The lowest BCUT2D eigenvalue weighted by Gasteiger charge is -2.32. The van der Waals surface area contributed by atoms with Gasteiger partial charge in [-0.25, -0.2) is 9.37 Å². The summed E-state index contributed by atoms with van der Waals surface area (Å²) in [6.07, 6.45) is 2.91. The summed E-state index contributed by atoms with van der Waals surface area (Å²) in [5.41, 5.74) is 2.47. The number of nitrogens with zero attached hydrogens (tertiary/aromatic N) is 2. The van der Waals surface area contributed by atoms with Crippen LogP contribution in [0.2, 0.25) is 0 Å². The number of para-hydroxylation sites is 2. The number of benzene rings is 3. The van der Waals surface area contributed by atoms with Gasteiger partial charge < -0.3 is 19.7 Å². The van der Waals surface area contributed by atoms with Crippen LogP contribution in [-0.2, 0) is 0 Å². The lowest BCUT2D eigenvalue weighted by atomic mass is 9.89. The monoisotopic (exact) mass is 525 g/mol. The summed E-state index contributed by atoms with van der Waals surface area (Å²) >= 11 is 0. The molecule has 2 heterocycles. The maximum atomic E-state index is 14.0. The molecular weight excluding hydrogens is 497 g/mol. The van der Waals surface area contributed by atoms with E-state index in [0.717, 1.165) is 18.4 Å². The Bertz CT molecular complexity index is 1450. The van der Waals surface area contributed by atoms with Gasteiger partial charge in [0.05, 0.1) is 18.2 Å². The van der Waals surface area contributed by atoms with Gasteiger partial charge in [-0.3, -0.25) is 9.59 Å². The quantitative estimate of drug-likeness (QED) is 0.307. The third-order valence-corrected chi connectivity index (χ3v) is 6.77. The first-order valence-corrected chi connectivity index (χ1v) is 12.7. The van der Waals surface area contributed by atoms with Crippen molar-refractivity contribution in [2.45, 2.75) is 18.8 Å². The number of piperidine rings is 1. The van der Waals surface area contributed by atoms with Gasteiger partial charge >= 0.3 is 0 Å². The van der Waals surface area contributed by atoms with Crippen molar-refractivity contribution in [3.8, 4) is 17.4 Å². The van der Waals surface area contributed by atoms with Crippen molar-refractivity contribution in [2.75, 3.05) is 25.5 Å². The molecule has 4 aromatic rings. The van der Waals surface area contributed by atoms with Crippen molar-refractivity contribution in [1.29, 1.82) is 0 Å². The maximum absolute atomic E-state index is 14.0. The summed E-state index contributed by atoms with van der Waals surface area (Å²) in [4.78, 5) is 31.4. The van der Waals surface area contributed by atoms with Crippen LogP contribution in [0.25, 0.3) is 0 Å². The van der Waals surface area contributed by atoms with Crippen LogP contribution in [0.4, 0.5) is 10.1 Å². The molecule has 1 saturated heterocycles. The first-order valence-electron chi connectivity index (χ1n) is 12.7. The number of ether oxygens (including phenoxy) is 2. The lowest BCUT2D eigenvalue weighted by Crippen LogP contribution is -2.38. The van der Waals surface area contributed by atoms with Crippen molar-refractivity contribution in [1.82, 2.24) is 9.88 Å². The largest absolute Gasteiger partial charge is 0.479 e. The highest BCUT2D eigenvalue weighted by atomic mass is 19.1. The van der Waals surface area contributed by atoms with Crippen molar-refractivity contribution in [3.05, 3.63) is 114 Å². The van der Waals surface area contributed by atoms with Gasteiger partial charge in [-0.15, -0.1) is 0 Å². The second-order valence-corrected chi connectivity index (χ2v) is 9.27. The molecule has 39 heavy (non-hydrogen) atoms. The Balaban J connectivity index is 1.18. The Morgan fingerprint density at radius 1 is 0.949 bits per heavy atom. The number of aromatic nitrogens is 1. The SMILES string of the molecule is COc1ncc(C(=O)N2CCC(c3ccc(NC(=O)c4ccccc4Oc4ccccc4)cc3)CC2)cc1F. The number of amides is 2. The average molecular weight is 526 g/mol. The van der Waals surface area contributed by atoms with Gasteiger partial charge in [0, 0.05) is 25.0 Å². The van der Waals surface area contributed by atoms with Gasteiger partial charge in [0.1, 0.15) is 11.5 Å². The van der Waals surface area contributed by atoms with Crippen molar-refractivity contribution in [3.63, 3.8) is 0 Å². The summed E-state index contributed by atoms with van der Waals surface area (Å²) in [5, 5.41) is 2.95. The normalized spacial score (nSPS) is 13.5. The number of likely N-dealkylation sites (tertiary alicyclic amines) is 1. The van der Waals surface area contributed by atoms with E-state index >= 15 is 0 Å². The van der Waals surface area contributed by atoms with E-state index in [0.29, 0.717) is 35.8 Å². The molecule has 0 aliphatic carbocycles. The fraction of sp³-hybridized carbons (Fsp3) is 0.194. The summed E-state index contributed by atoms with van der Waals surface area (Å²) in [6, 6.07) is 25.4. The van der Waals surface area contributed by atoms with E-state index in [1.165, 1.54) is 19.4 Å². The smallest absolute Gasteiger partial charge is 0.259 e.